The highest BCUT2D eigenvalue weighted by atomic mass is 31.0. The molecule has 1 saturated carbocycles. The standard InChI is InChI=1S/C20H32N5P/c1-3-4-5-6-17(8-7-16(11-12-21)13-23-14-22)19-15(2)20(25-26-19)24-18-9-10-18/h6-8,11,13,18,26H,3-5,9-10,12,14,21-22H2,1-2H3,(H,24,25)/b8-7+,16-11-,17-6-,23-13-. The Labute approximate surface area is 158 Å². The Morgan fingerprint density at radius 2 is 2.12 bits per heavy atom. The second kappa shape index (κ2) is 11.1. The second-order valence-electron chi connectivity index (χ2n) is 6.56. The average molecular weight is 373 g/mol. The third-order valence-corrected chi connectivity index (χ3v) is 5.52. The lowest BCUT2D eigenvalue weighted by Gasteiger charge is -2.05. The molecular formula is C20H32N5P. The number of unbranched alkanes of at least 4 members (excludes halogenated alkanes) is 2. The molecule has 1 atom stereocenters. The first-order chi connectivity index (χ1) is 12.7. The Bertz CT molecular complexity index is 680. The number of hydrogen-bond acceptors (Lipinski definition) is 5. The van der Waals surface area contributed by atoms with Crippen LogP contribution in [0.15, 0.2) is 34.9 Å². The highest BCUT2D eigenvalue weighted by Gasteiger charge is 2.23. The summed E-state index contributed by atoms with van der Waals surface area (Å²) >= 11 is 0. The smallest absolute Gasteiger partial charge is 0.133 e. The number of allylic oxidation sites excluding steroid dienone is 5. The van der Waals surface area contributed by atoms with Crippen LogP contribution in [0.1, 0.15) is 49.9 Å². The number of anilines is 1. The Morgan fingerprint density at radius 1 is 1.31 bits per heavy atom. The number of nitrogens with one attached hydrogen (secondary N) is 1. The van der Waals surface area contributed by atoms with E-state index in [1.165, 1.54) is 42.1 Å². The van der Waals surface area contributed by atoms with Crippen molar-refractivity contribution in [2.24, 2.45) is 16.5 Å². The second-order valence-corrected chi connectivity index (χ2v) is 7.51. The maximum absolute atomic E-state index is 5.67. The van der Waals surface area contributed by atoms with E-state index in [1.54, 1.807) is 6.21 Å². The van der Waals surface area contributed by atoms with E-state index in [0.717, 1.165) is 17.8 Å². The summed E-state index contributed by atoms with van der Waals surface area (Å²) in [4.78, 5) is 4.12. The van der Waals surface area contributed by atoms with Gasteiger partial charge in [0.2, 0.25) is 0 Å². The van der Waals surface area contributed by atoms with Crippen LogP contribution in [-0.2, 0) is 0 Å². The number of hydrogen-bond donors (Lipinski definition) is 3. The molecule has 142 valence electrons. The molecule has 0 bridgehead atoms. The molecule has 5 nitrogen and oxygen atoms in total. The van der Waals surface area contributed by atoms with Gasteiger partial charge in [-0.1, -0.05) is 44.1 Å². The van der Waals surface area contributed by atoms with Crippen molar-refractivity contribution in [1.29, 1.82) is 0 Å². The van der Waals surface area contributed by atoms with Crippen LogP contribution >= 0.6 is 8.35 Å². The number of aromatic nitrogens is 1. The molecule has 6 heteroatoms. The highest BCUT2D eigenvalue weighted by molar-refractivity contribution is 7.27. The zero-order valence-corrected chi connectivity index (χ0v) is 17.0. The minimum Gasteiger partial charge on any atom is -0.367 e. The molecule has 5 N–H and O–H groups in total. The predicted octanol–water partition coefficient (Wildman–Crippen LogP) is 4.00. The van der Waals surface area contributed by atoms with Gasteiger partial charge < -0.3 is 16.8 Å². The highest BCUT2D eigenvalue weighted by Crippen LogP contribution is 2.36. The molecule has 1 fully saturated rings. The molecule has 1 unspecified atom stereocenters. The minimum absolute atomic E-state index is 0.282. The van der Waals surface area contributed by atoms with Crippen LogP contribution in [0.4, 0.5) is 5.82 Å². The molecule has 0 amide bonds. The van der Waals surface area contributed by atoms with Crippen molar-refractivity contribution in [2.45, 2.75) is 52.0 Å². The van der Waals surface area contributed by atoms with E-state index in [9.17, 15) is 0 Å². The molecule has 0 saturated heterocycles. The molecule has 1 aliphatic carbocycles. The number of aliphatic imine (C=N–C) groups is 1. The van der Waals surface area contributed by atoms with Gasteiger partial charge in [0.25, 0.3) is 0 Å². The zero-order valence-electron chi connectivity index (χ0n) is 16.0. The molecule has 26 heavy (non-hydrogen) atoms. The van der Waals surface area contributed by atoms with Gasteiger partial charge in [-0.3, -0.25) is 4.99 Å². The first kappa shape index (κ1) is 20.6. The van der Waals surface area contributed by atoms with E-state index in [4.69, 9.17) is 16.2 Å². The van der Waals surface area contributed by atoms with Crippen LogP contribution < -0.4 is 16.8 Å². The molecule has 0 spiro atoms. The first-order valence-corrected chi connectivity index (χ1v) is 10.4. The van der Waals surface area contributed by atoms with Crippen molar-refractivity contribution in [2.75, 3.05) is 18.5 Å². The predicted molar refractivity (Wildman–Crippen MR) is 116 cm³/mol. The van der Waals surface area contributed by atoms with Gasteiger partial charge in [-0.2, -0.15) is 0 Å². The summed E-state index contributed by atoms with van der Waals surface area (Å²) in [7, 11) is 0.473. The summed E-state index contributed by atoms with van der Waals surface area (Å²) < 4.78 is 4.75. The molecule has 1 aromatic heterocycles. The van der Waals surface area contributed by atoms with Crippen LogP contribution in [0.5, 0.6) is 0 Å². The van der Waals surface area contributed by atoms with Crippen molar-refractivity contribution >= 4 is 26.0 Å². The molecule has 1 aromatic rings. The van der Waals surface area contributed by atoms with Crippen molar-refractivity contribution in [3.8, 4) is 0 Å². The number of nitrogens with two attached hydrogens (primary N) is 2. The Hall–Kier alpha value is -1.68. The van der Waals surface area contributed by atoms with E-state index in [1.807, 2.05) is 6.08 Å². The maximum Gasteiger partial charge on any atom is 0.133 e. The SMILES string of the molecule is CCCC/C=C(/C=C/C(/C=N\CN)=C/CN)c1[pH]nc(NC2CC2)c1C. The quantitative estimate of drug-likeness (QED) is 0.311. The van der Waals surface area contributed by atoms with Gasteiger partial charge in [0, 0.05) is 29.7 Å². The van der Waals surface area contributed by atoms with Gasteiger partial charge >= 0.3 is 0 Å². The lowest BCUT2D eigenvalue weighted by molar-refractivity contribution is 0.816. The molecule has 1 aliphatic rings. The fourth-order valence-electron chi connectivity index (χ4n) is 2.60. The van der Waals surface area contributed by atoms with Crippen LogP contribution in [0, 0.1) is 6.92 Å². The Balaban J connectivity index is 2.23. The van der Waals surface area contributed by atoms with Crippen LogP contribution in [0.2, 0.25) is 0 Å². The molecule has 0 aliphatic heterocycles. The monoisotopic (exact) mass is 373 g/mol. The first-order valence-electron chi connectivity index (χ1n) is 9.49. The third-order valence-electron chi connectivity index (χ3n) is 4.29. The van der Waals surface area contributed by atoms with Crippen molar-refractivity contribution in [3.63, 3.8) is 0 Å². The molecule has 0 aromatic carbocycles. The van der Waals surface area contributed by atoms with Crippen molar-refractivity contribution < 1.29 is 0 Å². The average Bonchev–Trinajstić information content (AvgIpc) is 3.39. The Morgan fingerprint density at radius 3 is 2.77 bits per heavy atom. The van der Waals surface area contributed by atoms with Gasteiger partial charge in [0.15, 0.2) is 0 Å². The normalized spacial score (nSPS) is 16.5. The van der Waals surface area contributed by atoms with Gasteiger partial charge in [0.05, 0.1) is 6.67 Å². The number of rotatable bonds is 11. The largest absolute Gasteiger partial charge is 0.367 e. The molecule has 1 heterocycles. The van der Waals surface area contributed by atoms with Crippen LogP contribution in [0.3, 0.4) is 0 Å². The van der Waals surface area contributed by atoms with E-state index in [0.29, 0.717) is 20.9 Å². The summed E-state index contributed by atoms with van der Waals surface area (Å²) in [6.45, 7) is 5.16. The zero-order chi connectivity index (χ0) is 18.8. The van der Waals surface area contributed by atoms with E-state index in [2.05, 4.69) is 42.4 Å². The number of nitrogens with zero attached hydrogens (tertiary/aromatic N) is 2. The van der Waals surface area contributed by atoms with Gasteiger partial charge in [-0.05, 0) is 45.7 Å². The van der Waals surface area contributed by atoms with Crippen LogP contribution in [0.25, 0.3) is 5.57 Å². The summed E-state index contributed by atoms with van der Waals surface area (Å²) in [5.74, 6) is 1.08. The van der Waals surface area contributed by atoms with Gasteiger partial charge in [-0.25, -0.2) is 4.75 Å². The summed E-state index contributed by atoms with van der Waals surface area (Å²) in [5.41, 5.74) is 14.7. The molecular weight excluding hydrogens is 341 g/mol. The van der Waals surface area contributed by atoms with Crippen molar-refractivity contribution in [3.05, 3.63) is 40.7 Å². The third kappa shape index (κ3) is 6.56. The minimum atomic E-state index is 0.282. The van der Waals surface area contributed by atoms with Crippen molar-refractivity contribution in [1.82, 2.24) is 4.75 Å². The summed E-state index contributed by atoms with van der Waals surface area (Å²) in [5, 5.41) is 4.89. The lowest BCUT2D eigenvalue weighted by atomic mass is 10.1. The lowest BCUT2D eigenvalue weighted by Crippen LogP contribution is -2.02. The van der Waals surface area contributed by atoms with E-state index < -0.39 is 0 Å². The fraction of sp³-hybridized carbons (Fsp3) is 0.500. The Kier molecular flexibility index (Phi) is 8.82. The van der Waals surface area contributed by atoms with Gasteiger partial charge in [0.1, 0.15) is 5.82 Å². The fourth-order valence-corrected chi connectivity index (χ4v) is 3.66. The molecule has 0 radical (unpaired) electrons. The van der Waals surface area contributed by atoms with Gasteiger partial charge in [-0.15, -0.1) is 0 Å². The van der Waals surface area contributed by atoms with Crippen LogP contribution in [-0.4, -0.2) is 30.2 Å². The maximum atomic E-state index is 5.67. The van der Waals surface area contributed by atoms with E-state index >= 15 is 0 Å². The summed E-state index contributed by atoms with van der Waals surface area (Å²) in [6.07, 6.45) is 16.3. The van der Waals surface area contributed by atoms with E-state index in [-0.39, 0.29) is 6.67 Å². The topological polar surface area (TPSA) is 89.3 Å². The molecule has 2 rings (SSSR count). The summed E-state index contributed by atoms with van der Waals surface area (Å²) in [6, 6.07) is 0.627.